The molecule has 0 radical (unpaired) electrons. The second kappa shape index (κ2) is 5.58. The molecule has 0 spiro atoms. The Labute approximate surface area is 134 Å². The van der Waals surface area contributed by atoms with E-state index in [1.807, 2.05) is 0 Å². The second-order valence-corrected chi connectivity index (χ2v) is 5.79. The fraction of sp³-hybridized carbons (Fsp3) is 0.533. The third-order valence-corrected chi connectivity index (χ3v) is 4.78. The molecule has 3 atom stereocenters. The van der Waals surface area contributed by atoms with Gasteiger partial charge in [-0.3, -0.25) is 4.79 Å². The number of rotatable bonds is 3. The van der Waals surface area contributed by atoms with Crippen molar-refractivity contribution in [1.29, 1.82) is 0 Å². The third kappa shape index (κ3) is 2.17. The number of hydrogen-bond donors (Lipinski definition) is 1. The number of aliphatic hydroxyl groups excluding tert-OH is 1. The van der Waals surface area contributed by atoms with Gasteiger partial charge in [0.15, 0.2) is 11.6 Å². The van der Waals surface area contributed by atoms with Crippen molar-refractivity contribution in [1.82, 2.24) is 0 Å². The van der Waals surface area contributed by atoms with Crippen LogP contribution in [0.4, 0.5) is 22.0 Å². The molecule has 1 aromatic carbocycles. The summed E-state index contributed by atoms with van der Waals surface area (Å²) in [7, 11) is 0.973. The Balaban J connectivity index is 2.75. The highest BCUT2D eigenvalue weighted by Gasteiger charge is 2.71. The van der Waals surface area contributed by atoms with Gasteiger partial charge in [-0.05, 0) is 13.0 Å². The van der Waals surface area contributed by atoms with Crippen LogP contribution in [0, 0.1) is 17.6 Å². The molecule has 0 aromatic heterocycles. The van der Waals surface area contributed by atoms with Gasteiger partial charge in [-0.25, -0.2) is 4.39 Å². The van der Waals surface area contributed by atoms with Gasteiger partial charge in [-0.15, -0.1) is 0 Å². The molecule has 9 heteroatoms. The van der Waals surface area contributed by atoms with Gasteiger partial charge in [-0.1, -0.05) is 13.0 Å². The van der Waals surface area contributed by atoms with Crippen LogP contribution in [0.2, 0.25) is 0 Å². The van der Waals surface area contributed by atoms with E-state index < -0.39 is 58.6 Å². The molecule has 134 valence electrons. The number of benzene rings is 1. The van der Waals surface area contributed by atoms with Crippen molar-refractivity contribution < 1.29 is 41.3 Å². The first-order valence-corrected chi connectivity index (χ1v) is 6.90. The minimum Gasteiger partial charge on any atom is -0.493 e. The van der Waals surface area contributed by atoms with E-state index in [1.54, 1.807) is 0 Å². The molecule has 1 aromatic rings. The number of halogens is 5. The SMILES string of the molecule is COc1c([C@@]2(CO)C(=O)O[C@@](C)(C(F)(F)F)[C@H]2C)ccc(F)c1F. The highest BCUT2D eigenvalue weighted by Crippen LogP contribution is 2.55. The summed E-state index contributed by atoms with van der Waals surface area (Å²) in [4.78, 5) is 12.3. The Morgan fingerprint density at radius 3 is 2.33 bits per heavy atom. The van der Waals surface area contributed by atoms with E-state index in [0.717, 1.165) is 20.1 Å². The molecular weight excluding hydrogens is 339 g/mol. The predicted octanol–water partition coefficient (Wildman–Crippen LogP) is 2.72. The molecule has 0 unspecified atom stereocenters. The topological polar surface area (TPSA) is 55.8 Å². The Morgan fingerprint density at radius 2 is 1.92 bits per heavy atom. The first-order valence-electron chi connectivity index (χ1n) is 6.90. The molecule has 0 amide bonds. The van der Waals surface area contributed by atoms with Crippen LogP contribution in [-0.2, 0) is 14.9 Å². The number of methoxy groups -OCH3 is 1. The predicted molar refractivity (Wildman–Crippen MR) is 71.4 cm³/mol. The van der Waals surface area contributed by atoms with E-state index in [4.69, 9.17) is 4.74 Å². The minimum atomic E-state index is -4.93. The molecule has 0 saturated carbocycles. The summed E-state index contributed by atoms with van der Waals surface area (Å²) in [6, 6.07) is 1.56. The number of ether oxygens (including phenoxy) is 2. The van der Waals surface area contributed by atoms with Crippen molar-refractivity contribution in [2.75, 3.05) is 13.7 Å². The van der Waals surface area contributed by atoms with Gasteiger partial charge in [0.05, 0.1) is 13.7 Å². The molecule has 1 fully saturated rings. The average molecular weight is 354 g/mol. The van der Waals surface area contributed by atoms with E-state index in [-0.39, 0.29) is 0 Å². The van der Waals surface area contributed by atoms with Gasteiger partial charge < -0.3 is 14.6 Å². The van der Waals surface area contributed by atoms with Crippen molar-refractivity contribution in [3.63, 3.8) is 0 Å². The molecule has 1 N–H and O–H groups in total. The number of cyclic esters (lactones) is 1. The number of esters is 1. The summed E-state index contributed by atoms with van der Waals surface area (Å²) >= 11 is 0. The number of aliphatic hydroxyl groups is 1. The van der Waals surface area contributed by atoms with Crippen LogP contribution in [0.15, 0.2) is 12.1 Å². The quantitative estimate of drug-likeness (QED) is 0.670. The standard InChI is InChI=1S/C15H15F5O4/c1-7-13(2,15(18,19)20)24-12(22)14(7,6-21)8-4-5-9(16)10(17)11(8)23-3/h4-5,7,21H,6H2,1-3H3/t7-,13-,14+/m1/s1. The molecule has 1 aliphatic heterocycles. The molecular formula is C15H15F5O4. The van der Waals surface area contributed by atoms with Gasteiger partial charge in [0.2, 0.25) is 11.4 Å². The molecule has 1 saturated heterocycles. The molecule has 2 rings (SSSR count). The van der Waals surface area contributed by atoms with Crippen molar-refractivity contribution in [2.24, 2.45) is 5.92 Å². The molecule has 1 aliphatic rings. The zero-order chi connectivity index (χ0) is 18.5. The lowest BCUT2D eigenvalue weighted by atomic mass is 9.67. The third-order valence-electron chi connectivity index (χ3n) is 4.78. The van der Waals surface area contributed by atoms with Gasteiger partial charge in [-0.2, -0.15) is 17.6 Å². The van der Waals surface area contributed by atoms with Gasteiger partial charge >= 0.3 is 12.1 Å². The lowest BCUT2D eigenvalue weighted by molar-refractivity contribution is -0.263. The average Bonchev–Trinajstić information content (AvgIpc) is 2.70. The molecule has 4 nitrogen and oxygen atoms in total. The van der Waals surface area contributed by atoms with Gasteiger partial charge in [0, 0.05) is 11.5 Å². The summed E-state index contributed by atoms with van der Waals surface area (Å²) in [6.07, 6.45) is -4.93. The van der Waals surface area contributed by atoms with Crippen LogP contribution >= 0.6 is 0 Å². The number of carbonyl (C=O) groups excluding carboxylic acids is 1. The largest absolute Gasteiger partial charge is 0.493 e. The number of carbonyl (C=O) groups is 1. The van der Waals surface area contributed by atoms with Crippen molar-refractivity contribution in [3.8, 4) is 5.75 Å². The molecule has 1 heterocycles. The first-order chi connectivity index (χ1) is 11.0. The van der Waals surface area contributed by atoms with Crippen molar-refractivity contribution in [3.05, 3.63) is 29.3 Å². The van der Waals surface area contributed by atoms with E-state index in [1.165, 1.54) is 0 Å². The summed E-state index contributed by atoms with van der Waals surface area (Å²) in [5, 5.41) is 9.75. The maximum atomic E-state index is 13.9. The van der Waals surface area contributed by atoms with Crippen LogP contribution < -0.4 is 4.74 Å². The molecule has 0 bridgehead atoms. The maximum Gasteiger partial charge on any atom is 0.428 e. The van der Waals surface area contributed by atoms with Crippen LogP contribution in [0.1, 0.15) is 19.4 Å². The summed E-state index contributed by atoms with van der Waals surface area (Å²) < 4.78 is 76.7. The highest BCUT2D eigenvalue weighted by atomic mass is 19.4. The Morgan fingerprint density at radius 1 is 1.33 bits per heavy atom. The summed E-state index contributed by atoms with van der Waals surface area (Å²) in [5.74, 6) is -6.54. The van der Waals surface area contributed by atoms with Crippen molar-refractivity contribution >= 4 is 5.97 Å². The van der Waals surface area contributed by atoms with Crippen LogP contribution in [0.5, 0.6) is 5.75 Å². The van der Waals surface area contributed by atoms with Crippen LogP contribution in [0.3, 0.4) is 0 Å². The Kier molecular flexibility index (Phi) is 4.28. The van der Waals surface area contributed by atoms with Gasteiger partial charge in [0.1, 0.15) is 5.41 Å². The van der Waals surface area contributed by atoms with Crippen LogP contribution in [0.25, 0.3) is 0 Å². The van der Waals surface area contributed by atoms with Crippen LogP contribution in [-0.4, -0.2) is 36.6 Å². The number of hydrogen-bond acceptors (Lipinski definition) is 4. The smallest absolute Gasteiger partial charge is 0.428 e. The van der Waals surface area contributed by atoms with E-state index in [0.29, 0.717) is 13.0 Å². The lowest BCUT2D eigenvalue weighted by Gasteiger charge is -2.35. The normalized spacial score (nSPS) is 30.4. The fourth-order valence-electron chi connectivity index (χ4n) is 3.04. The molecule has 24 heavy (non-hydrogen) atoms. The Hall–Kier alpha value is -1.90. The van der Waals surface area contributed by atoms with Gasteiger partial charge in [0.25, 0.3) is 0 Å². The maximum absolute atomic E-state index is 13.9. The zero-order valence-corrected chi connectivity index (χ0v) is 13.0. The Bertz CT molecular complexity index is 675. The van der Waals surface area contributed by atoms with Crippen molar-refractivity contribution in [2.45, 2.75) is 31.0 Å². The monoisotopic (exact) mass is 354 g/mol. The number of alkyl halides is 3. The lowest BCUT2D eigenvalue weighted by Crippen LogP contribution is -2.51. The summed E-state index contributed by atoms with van der Waals surface area (Å²) in [6.45, 7) is 0.620. The highest BCUT2D eigenvalue weighted by molar-refractivity contribution is 5.88. The fourth-order valence-corrected chi connectivity index (χ4v) is 3.04. The minimum absolute atomic E-state index is 0.406. The summed E-state index contributed by atoms with van der Waals surface area (Å²) in [5.41, 5.74) is -5.55. The van der Waals surface area contributed by atoms with E-state index >= 15 is 0 Å². The van der Waals surface area contributed by atoms with E-state index in [9.17, 15) is 31.9 Å². The first kappa shape index (κ1) is 18.4. The zero-order valence-electron chi connectivity index (χ0n) is 13.0. The van der Waals surface area contributed by atoms with E-state index in [2.05, 4.69) is 4.74 Å². The second-order valence-electron chi connectivity index (χ2n) is 5.79. The molecule has 0 aliphatic carbocycles.